The summed E-state index contributed by atoms with van der Waals surface area (Å²) in [6.07, 6.45) is 2.48. The van der Waals surface area contributed by atoms with Crippen molar-refractivity contribution in [2.45, 2.75) is 37.9 Å². The second kappa shape index (κ2) is 7.24. The Labute approximate surface area is 132 Å². The predicted octanol–water partition coefficient (Wildman–Crippen LogP) is 1.47. The Morgan fingerprint density at radius 1 is 1.41 bits per heavy atom. The first-order chi connectivity index (χ1) is 10.4. The SMILES string of the molecule is CNS(=O)(=O)[C@H]1CCCN(C(=O)CCc2cccc(C)c2)C1. The molecular formula is C16H24N2O3S. The zero-order valence-corrected chi connectivity index (χ0v) is 14.0. The van der Waals surface area contributed by atoms with Crippen molar-refractivity contribution in [3.63, 3.8) is 0 Å². The van der Waals surface area contributed by atoms with E-state index >= 15 is 0 Å². The fraction of sp³-hybridized carbons (Fsp3) is 0.562. The van der Waals surface area contributed by atoms with E-state index in [0.29, 0.717) is 32.4 Å². The molecule has 1 N–H and O–H groups in total. The maximum absolute atomic E-state index is 12.3. The van der Waals surface area contributed by atoms with Crippen molar-refractivity contribution >= 4 is 15.9 Å². The van der Waals surface area contributed by atoms with E-state index in [0.717, 1.165) is 12.0 Å². The minimum absolute atomic E-state index is 0.0394. The predicted molar refractivity (Wildman–Crippen MR) is 87.1 cm³/mol. The highest BCUT2D eigenvalue weighted by Gasteiger charge is 2.31. The van der Waals surface area contributed by atoms with Gasteiger partial charge in [0.15, 0.2) is 0 Å². The normalized spacial score (nSPS) is 19.2. The number of nitrogens with one attached hydrogen (secondary N) is 1. The molecule has 122 valence electrons. The smallest absolute Gasteiger partial charge is 0.222 e. The molecule has 1 aliphatic heterocycles. The van der Waals surface area contributed by atoms with Gasteiger partial charge in [0.25, 0.3) is 0 Å². The molecule has 6 heteroatoms. The van der Waals surface area contributed by atoms with Gasteiger partial charge in [0.2, 0.25) is 15.9 Å². The average molecular weight is 324 g/mol. The molecule has 0 aliphatic carbocycles. The third-order valence-electron chi connectivity index (χ3n) is 4.16. The molecule has 0 radical (unpaired) electrons. The molecular weight excluding hydrogens is 300 g/mol. The number of benzene rings is 1. The van der Waals surface area contributed by atoms with Crippen LogP contribution in [-0.4, -0.2) is 44.6 Å². The number of likely N-dealkylation sites (tertiary alicyclic amines) is 1. The summed E-state index contributed by atoms with van der Waals surface area (Å²) < 4.78 is 26.1. The van der Waals surface area contributed by atoms with Crippen molar-refractivity contribution in [3.8, 4) is 0 Å². The Bertz CT molecular complexity index is 628. The third-order valence-corrected chi connectivity index (χ3v) is 6.00. The summed E-state index contributed by atoms with van der Waals surface area (Å²) in [6.45, 7) is 2.99. The van der Waals surface area contributed by atoms with Crippen LogP contribution >= 0.6 is 0 Å². The molecule has 1 heterocycles. The van der Waals surface area contributed by atoms with E-state index in [2.05, 4.69) is 10.8 Å². The third kappa shape index (κ3) is 4.30. The van der Waals surface area contributed by atoms with Crippen molar-refractivity contribution in [1.29, 1.82) is 0 Å². The van der Waals surface area contributed by atoms with Gasteiger partial charge >= 0.3 is 0 Å². The van der Waals surface area contributed by atoms with Gasteiger partial charge in [-0.1, -0.05) is 29.8 Å². The van der Waals surface area contributed by atoms with Crippen molar-refractivity contribution < 1.29 is 13.2 Å². The molecule has 22 heavy (non-hydrogen) atoms. The van der Waals surface area contributed by atoms with E-state index in [1.54, 1.807) is 4.90 Å². The maximum atomic E-state index is 12.3. The Balaban J connectivity index is 1.92. The summed E-state index contributed by atoms with van der Waals surface area (Å²) in [5.41, 5.74) is 2.33. The van der Waals surface area contributed by atoms with Crippen LogP contribution in [0, 0.1) is 6.92 Å². The maximum Gasteiger partial charge on any atom is 0.222 e. The van der Waals surface area contributed by atoms with E-state index < -0.39 is 15.3 Å². The Morgan fingerprint density at radius 2 is 2.18 bits per heavy atom. The second-order valence-corrected chi connectivity index (χ2v) is 8.01. The molecule has 1 amide bonds. The number of piperidine rings is 1. The number of hydrogen-bond acceptors (Lipinski definition) is 3. The summed E-state index contributed by atoms with van der Waals surface area (Å²) >= 11 is 0. The largest absolute Gasteiger partial charge is 0.341 e. The van der Waals surface area contributed by atoms with Gasteiger partial charge in [0.05, 0.1) is 5.25 Å². The first-order valence-electron chi connectivity index (χ1n) is 7.68. The van der Waals surface area contributed by atoms with Crippen molar-refractivity contribution in [2.24, 2.45) is 0 Å². The van der Waals surface area contributed by atoms with E-state index in [1.165, 1.54) is 12.6 Å². The minimum Gasteiger partial charge on any atom is -0.341 e. The molecule has 0 spiro atoms. The van der Waals surface area contributed by atoms with Crippen LogP contribution in [0.3, 0.4) is 0 Å². The molecule has 5 nitrogen and oxygen atoms in total. The van der Waals surface area contributed by atoms with Crippen molar-refractivity contribution in [1.82, 2.24) is 9.62 Å². The van der Waals surface area contributed by atoms with Gasteiger partial charge < -0.3 is 4.90 Å². The first-order valence-corrected chi connectivity index (χ1v) is 9.22. The van der Waals surface area contributed by atoms with Crippen LogP contribution in [0.4, 0.5) is 0 Å². The van der Waals surface area contributed by atoms with Crippen LogP contribution in [0.5, 0.6) is 0 Å². The summed E-state index contributed by atoms with van der Waals surface area (Å²) in [5, 5.41) is -0.492. The Morgan fingerprint density at radius 3 is 2.86 bits per heavy atom. The van der Waals surface area contributed by atoms with E-state index in [-0.39, 0.29) is 5.91 Å². The summed E-state index contributed by atoms with van der Waals surface area (Å²) in [5.74, 6) is 0.0394. The van der Waals surface area contributed by atoms with Crippen LogP contribution in [0.15, 0.2) is 24.3 Å². The molecule has 0 unspecified atom stereocenters. The number of hydrogen-bond donors (Lipinski definition) is 1. The standard InChI is InChI=1S/C16H24N2O3S/c1-13-5-3-6-14(11-13)8-9-16(19)18-10-4-7-15(12-18)22(20,21)17-2/h3,5-6,11,15,17H,4,7-10,12H2,1-2H3/t15-/m0/s1. The number of amides is 1. The number of carbonyl (C=O) groups excluding carboxylic acids is 1. The molecule has 0 aromatic heterocycles. The van der Waals surface area contributed by atoms with Crippen LogP contribution < -0.4 is 4.72 Å². The van der Waals surface area contributed by atoms with Gasteiger partial charge in [-0.3, -0.25) is 4.79 Å². The molecule has 0 saturated carbocycles. The summed E-state index contributed by atoms with van der Waals surface area (Å²) in [6, 6.07) is 8.12. The zero-order chi connectivity index (χ0) is 16.2. The van der Waals surface area contributed by atoms with Gasteiger partial charge in [0.1, 0.15) is 0 Å². The molecule has 2 rings (SSSR count). The Kier molecular flexibility index (Phi) is 5.58. The van der Waals surface area contributed by atoms with Crippen molar-refractivity contribution in [3.05, 3.63) is 35.4 Å². The molecule has 1 aromatic carbocycles. The first kappa shape index (κ1) is 17.0. The lowest BCUT2D eigenvalue weighted by molar-refractivity contribution is -0.131. The second-order valence-electron chi connectivity index (χ2n) is 5.84. The highest BCUT2D eigenvalue weighted by molar-refractivity contribution is 7.90. The highest BCUT2D eigenvalue weighted by Crippen LogP contribution is 2.17. The molecule has 0 bridgehead atoms. The lowest BCUT2D eigenvalue weighted by atomic mass is 10.1. The fourth-order valence-electron chi connectivity index (χ4n) is 2.86. The van der Waals surface area contributed by atoms with Crippen molar-refractivity contribution in [2.75, 3.05) is 20.1 Å². The quantitative estimate of drug-likeness (QED) is 0.892. The van der Waals surface area contributed by atoms with Gasteiger partial charge in [-0.2, -0.15) is 0 Å². The molecule has 1 aliphatic rings. The minimum atomic E-state index is -3.30. The molecule has 1 aromatic rings. The van der Waals surface area contributed by atoms with Gasteiger partial charge in [0, 0.05) is 19.5 Å². The number of nitrogens with zero attached hydrogens (tertiary/aromatic N) is 1. The summed E-state index contributed by atoms with van der Waals surface area (Å²) in [7, 11) is -1.88. The van der Waals surface area contributed by atoms with Gasteiger partial charge in [-0.25, -0.2) is 13.1 Å². The number of rotatable bonds is 5. The van der Waals surface area contributed by atoms with Crippen LogP contribution in [0.2, 0.25) is 0 Å². The van der Waals surface area contributed by atoms with E-state index in [9.17, 15) is 13.2 Å². The van der Waals surface area contributed by atoms with Crippen LogP contribution in [0.1, 0.15) is 30.4 Å². The fourth-order valence-corrected chi connectivity index (χ4v) is 4.05. The zero-order valence-electron chi connectivity index (χ0n) is 13.2. The summed E-state index contributed by atoms with van der Waals surface area (Å²) in [4.78, 5) is 14.0. The lowest BCUT2D eigenvalue weighted by Gasteiger charge is -2.32. The van der Waals surface area contributed by atoms with E-state index in [1.807, 2.05) is 25.1 Å². The van der Waals surface area contributed by atoms with Crippen LogP contribution in [-0.2, 0) is 21.2 Å². The van der Waals surface area contributed by atoms with Gasteiger partial charge in [-0.05, 0) is 38.8 Å². The Hall–Kier alpha value is -1.40. The highest BCUT2D eigenvalue weighted by atomic mass is 32.2. The lowest BCUT2D eigenvalue weighted by Crippen LogP contribution is -2.47. The van der Waals surface area contributed by atoms with E-state index in [4.69, 9.17) is 0 Å². The van der Waals surface area contributed by atoms with Crippen LogP contribution in [0.25, 0.3) is 0 Å². The number of sulfonamides is 1. The average Bonchev–Trinajstić information content (AvgIpc) is 2.53. The van der Waals surface area contributed by atoms with Gasteiger partial charge in [-0.15, -0.1) is 0 Å². The molecule has 1 fully saturated rings. The molecule has 1 atom stereocenters. The molecule has 1 saturated heterocycles. The topological polar surface area (TPSA) is 66.5 Å². The monoisotopic (exact) mass is 324 g/mol. The number of carbonyl (C=O) groups is 1. The number of aryl methyl sites for hydroxylation is 2.